The molecule has 3 aromatic rings. The molecule has 0 heterocycles. The topological polar surface area (TPSA) is 50.4 Å². The van der Waals surface area contributed by atoms with Crippen molar-refractivity contribution in [2.75, 3.05) is 12.4 Å². The van der Waals surface area contributed by atoms with Crippen molar-refractivity contribution in [2.45, 2.75) is 12.6 Å². The number of halogens is 1. The number of ether oxygens (including phenoxy) is 1. The van der Waals surface area contributed by atoms with Gasteiger partial charge >= 0.3 is 0 Å². The highest BCUT2D eigenvalue weighted by atomic mass is 19.1. The molecule has 138 valence electrons. The number of benzene rings is 3. The Balaban J connectivity index is 1.79. The van der Waals surface area contributed by atoms with Crippen molar-refractivity contribution >= 4 is 11.6 Å². The maximum Gasteiger partial charge on any atom is 0.246 e. The van der Waals surface area contributed by atoms with Crippen molar-refractivity contribution in [2.24, 2.45) is 0 Å². The van der Waals surface area contributed by atoms with Crippen LogP contribution in [0.15, 0.2) is 78.9 Å². The zero-order chi connectivity index (χ0) is 19.1. The van der Waals surface area contributed by atoms with Gasteiger partial charge in [0.25, 0.3) is 0 Å². The molecule has 27 heavy (non-hydrogen) atoms. The Morgan fingerprint density at radius 1 is 1.00 bits per heavy atom. The first-order chi connectivity index (χ1) is 13.2. The average molecular weight is 364 g/mol. The summed E-state index contributed by atoms with van der Waals surface area (Å²) in [7, 11) is 1.57. The summed E-state index contributed by atoms with van der Waals surface area (Å²) in [6, 6.07) is 22.4. The lowest BCUT2D eigenvalue weighted by Gasteiger charge is -2.19. The molecular formula is C22H21FN2O2. The minimum absolute atomic E-state index is 0.231. The molecule has 0 radical (unpaired) electrons. The highest BCUT2D eigenvalue weighted by Crippen LogP contribution is 2.20. The second-order valence-electron chi connectivity index (χ2n) is 6.04. The van der Waals surface area contributed by atoms with E-state index in [1.807, 2.05) is 30.3 Å². The predicted molar refractivity (Wildman–Crippen MR) is 104 cm³/mol. The van der Waals surface area contributed by atoms with Crippen LogP contribution in [0.25, 0.3) is 0 Å². The van der Waals surface area contributed by atoms with Crippen LogP contribution < -0.4 is 15.4 Å². The van der Waals surface area contributed by atoms with Crippen LogP contribution in [-0.2, 0) is 11.3 Å². The lowest BCUT2D eigenvalue weighted by molar-refractivity contribution is -0.118. The third kappa shape index (κ3) is 4.92. The molecule has 0 aliphatic rings. The van der Waals surface area contributed by atoms with Gasteiger partial charge in [0.2, 0.25) is 5.91 Å². The fourth-order valence-electron chi connectivity index (χ4n) is 2.78. The summed E-state index contributed by atoms with van der Waals surface area (Å²) in [5.74, 6) is 0.124. The molecule has 5 heteroatoms. The summed E-state index contributed by atoms with van der Waals surface area (Å²) >= 11 is 0. The van der Waals surface area contributed by atoms with E-state index in [2.05, 4.69) is 10.6 Å². The SMILES string of the molecule is COc1cccc(NC(=O)[C@@H](NCc2ccccc2F)c2ccccc2)c1. The van der Waals surface area contributed by atoms with Crippen molar-refractivity contribution in [3.63, 3.8) is 0 Å². The zero-order valence-electron chi connectivity index (χ0n) is 15.0. The fourth-order valence-corrected chi connectivity index (χ4v) is 2.78. The van der Waals surface area contributed by atoms with Gasteiger partial charge < -0.3 is 10.1 Å². The maximum absolute atomic E-state index is 13.9. The molecule has 0 aliphatic heterocycles. The zero-order valence-corrected chi connectivity index (χ0v) is 15.0. The van der Waals surface area contributed by atoms with Crippen LogP contribution in [0, 0.1) is 5.82 Å². The van der Waals surface area contributed by atoms with Gasteiger partial charge in [0.05, 0.1) is 7.11 Å². The number of carbonyl (C=O) groups excluding carboxylic acids is 1. The number of carbonyl (C=O) groups is 1. The molecule has 0 saturated carbocycles. The van der Waals surface area contributed by atoms with E-state index < -0.39 is 6.04 Å². The molecule has 0 aromatic heterocycles. The average Bonchev–Trinajstić information content (AvgIpc) is 2.70. The van der Waals surface area contributed by atoms with Crippen LogP contribution >= 0.6 is 0 Å². The van der Waals surface area contributed by atoms with E-state index >= 15 is 0 Å². The Morgan fingerprint density at radius 2 is 1.74 bits per heavy atom. The molecule has 0 unspecified atom stereocenters. The maximum atomic E-state index is 13.9. The Labute approximate surface area is 158 Å². The number of nitrogens with one attached hydrogen (secondary N) is 2. The van der Waals surface area contributed by atoms with Crippen LogP contribution in [0.4, 0.5) is 10.1 Å². The van der Waals surface area contributed by atoms with Gasteiger partial charge in [-0.15, -0.1) is 0 Å². The van der Waals surface area contributed by atoms with E-state index in [4.69, 9.17) is 4.74 Å². The minimum atomic E-state index is -0.628. The van der Waals surface area contributed by atoms with Crippen LogP contribution in [0.1, 0.15) is 17.2 Å². The molecule has 3 rings (SSSR count). The molecular weight excluding hydrogens is 343 g/mol. The second kappa shape index (κ2) is 8.96. The van der Waals surface area contributed by atoms with Gasteiger partial charge in [-0.2, -0.15) is 0 Å². The van der Waals surface area contributed by atoms with E-state index in [0.717, 1.165) is 5.56 Å². The summed E-state index contributed by atoms with van der Waals surface area (Å²) in [6.45, 7) is 0.234. The van der Waals surface area contributed by atoms with Gasteiger partial charge in [0.1, 0.15) is 17.6 Å². The van der Waals surface area contributed by atoms with Gasteiger partial charge in [0.15, 0.2) is 0 Å². The normalized spacial score (nSPS) is 11.6. The highest BCUT2D eigenvalue weighted by Gasteiger charge is 2.20. The predicted octanol–water partition coefficient (Wildman–Crippen LogP) is 4.30. The number of methoxy groups -OCH3 is 1. The van der Waals surface area contributed by atoms with Crippen LogP contribution in [0.5, 0.6) is 5.75 Å². The number of hydrogen-bond donors (Lipinski definition) is 2. The lowest BCUT2D eigenvalue weighted by atomic mass is 10.1. The third-order valence-electron chi connectivity index (χ3n) is 4.19. The largest absolute Gasteiger partial charge is 0.497 e. The van der Waals surface area contributed by atoms with Crippen molar-refractivity contribution in [3.05, 3.63) is 95.8 Å². The van der Waals surface area contributed by atoms with E-state index in [1.165, 1.54) is 6.07 Å². The van der Waals surface area contributed by atoms with Gasteiger partial charge in [-0.1, -0.05) is 54.6 Å². The molecule has 0 fully saturated rings. The number of anilines is 1. The van der Waals surface area contributed by atoms with Gasteiger partial charge in [0, 0.05) is 23.9 Å². The van der Waals surface area contributed by atoms with E-state index in [1.54, 1.807) is 49.6 Å². The van der Waals surface area contributed by atoms with Crippen LogP contribution in [0.2, 0.25) is 0 Å². The monoisotopic (exact) mass is 364 g/mol. The van der Waals surface area contributed by atoms with Gasteiger partial charge in [-0.25, -0.2) is 4.39 Å². The lowest BCUT2D eigenvalue weighted by Crippen LogP contribution is -2.33. The molecule has 0 saturated heterocycles. The summed E-state index contributed by atoms with van der Waals surface area (Å²) in [5, 5.41) is 6.05. The molecule has 4 nitrogen and oxygen atoms in total. The first kappa shape index (κ1) is 18.6. The first-order valence-electron chi connectivity index (χ1n) is 8.64. The smallest absolute Gasteiger partial charge is 0.246 e. The standard InChI is InChI=1S/C22H21FN2O2/c1-27-19-12-7-11-18(14-19)25-22(26)21(16-8-3-2-4-9-16)24-15-17-10-5-6-13-20(17)23/h2-14,21,24H,15H2,1H3,(H,25,26)/t21-/m0/s1. The second-order valence-corrected chi connectivity index (χ2v) is 6.04. The van der Waals surface area contributed by atoms with Crippen molar-refractivity contribution < 1.29 is 13.9 Å². The van der Waals surface area contributed by atoms with Crippen LogP contribution in [-0.4, -0.2) is 13.0 Å². The summed E-state index contributed by atoms with van der Waals surface area (Å²) in [4.78, 5) is 12.9. The first-order valence-corrected chi connectivity index (χ1v) is 8.64. The molecule has 1 atom stereocenters. The van der Waals surface area contributed by atoms with Crippen molar-refractivity contribution in [1.29, 1.82) is 0 Å². The Kier molecular flexibility index (Phi) is 6.18. The molecule has 3 aromatic carbocycles. The van der Waals surface area contributed by atoms with Gasteiger partial charge in [-0.3, -0.25) is 10.1 Å². The summed E-state index contributed by atoms with van der Waals surface area (Å²) < 4.78 is 19.1. The fraction of sp³-hybridized carbons (Fsp3) is 0.136. The molecule has 0 aliphatic carbocycles. The van der Waals surface area contributed by atoms with Crippen LogP contribution in [0.3, 0.4) is 0 Å². The van der Waals surface area contributed by atoms with E-state index in [-0.39, 0.29) is 18.3 Å². The van der Waals surface area contributed by atoms with Crippen molar-refractivity contribution in [3.8, 4) is 5.75 Å². The molecule has 2 N–H and O–H groups in total. The number of amides is 1. The van der Waals surface area contributed by atoms with E-state index in [0.29, 0.717) is 17.0 Å². The minimum Gasteiger partial charge on any atom is -0.497 e. The Hall–Kier alpha value is -3.18. The molecule has 0 spiro atoms. The van der Waals surface area contributed by atoms with Gasteiger partial charge in [-0.05, 0) is 23.8 Å². The quantitative estimate of drug-likeness (QED) is 0.657. The summed E-state index contributed by atoms with van der Waals surface area (Å²) in [5.41, 5.74) is 1.94. The highest BCUT2D eigenvalue weighted by molar-refractivity contribution is 5.95. The molecule has 1 amide bonds. The van der Waals surface area contributed by atoms with E-state index in [9.17, 15) is 9.18 Å². The third-order valence-corrected chi connectivity index (χ3v) is 4.19. The van der Waals surface area contributed by atoms with Crippen molar-refractivity contribution in [1.82, 2.24) is 5.32 Å². The Bertz CT molecular complexity index is 900. The Morgan fingerprint density at radius 3 is 2.48 bits per heavy atom. The summed E-state index contributed by atoms with van der Waals surface area (Å²) in [6.07, 6.45) is 0. The number of rotatable bonds is 7. The molecule has 0 bridgehead atoms. The number of hydrogen-bond acceptors (Lipinski definition) is 3.